The lowest BCUT2D eigenvalue weighted by Gasteiger charge is -2.24. The van der Waals surface area contributed by atoms with Gasteiger partial charge in [0.1, 0.15) is 23.5 Å². The summed E-state index contributed by atoms with van der Waals surface area (Å²) in [5, 5.41) is 0.599. The lowest BCUT2D eigenvalue weighted by Crippen LogP contribution is -2.27. The number of benzene rings is 1. The number of pyridine rings is 1. The summed E-state index contributed by atoms with van der Waals surface area (Å²) in [5.74, 6) is -0.146. The van der Waals surface area contributed by atoms with E-state index in [9.17, 15) is 9.18 Å². The number of methoxy groups -OCH3 is 1. The van der Waals surface area contributed by atoms with Crippen molar-refractivity contribution in [2.75, 3.05) is 18.6 Å². The first-order valence-electron chi connectivity index (χ1n) is 7.79. The van der Waals surface area contributed by atoms with E-state index in [1.807, 2.05) is 17.0 Å². The second-order valence-corrected chi connectivity index (χ2v) is 5.44. The monoisotopic (exact) mass is 340 g/mol. The van der Waals surface area contributed by atoms with Crippen LogP contribution in [-0.2, 0) is 16.1 Å². The molecule has 2 heterocycles. The highest BCUT2D eigenvalue weighted by Gasteiger charge is 2.16. The van der Waals surface area contributed by atoms with Crippen LogP contribution in [0, 0.1) is 5.82 Å². The summed E-state index contributed by atoms with van der Waals surface area (Å²) in [6, 6.07) is 8.52. The molecule has 0 fully saturated rings. The largest absolute Gasteiger partial charge is 0.469 e. The molecule has 0 saturated carbocycles. The predicted octanol–water partition coefficient (Wildman–Crippen LogP) is 2.73. The van der Waals surface area contributed by atoms with E-state index in [0.29, 0.717) is 24.3 Å². The zero-order chi connectivity index (χ0) is 17.6. The van der Waals surface area contributed by atoms with E-state index in [-0.39, 0.29) is 17.9 Å². The standard InChI is InChI=1S/C18H17FN4O2/c1-25-16(24)7-10-23(11-13-5-8-20-9-6-13)18-14-3-2-4-15(19)17(14)21-12-22-18/h2-6,8-9,12H,7,10-11H2,1H3. The normalized spacial score (nSPS) is 10.6. The summed E-state index contributed by atoms with van der Waals surface area (Å²) in [6.45, 7) is 0.889. The molecule has 0 aliphatic carbocycles. The first kappa shape index (κ1) is 16.8. The van der Waals surface area contributed by atoms with Crippen molar-refractivity contribution in [2.45, 2.75) is 13.0 Å². The van der Waals surface area contributed by atoms with Gasteiger partial charge in [-0.15, -0.1) is 0 Å². The van der Waals surface area contributed by atoms with Gasteiger partial charge in [-0.25, -0.2) is 14.4 Å². The number of aromatic nitrogens is 3. The molecule has 0 aliphatic heterocycles. The summed E-state index contributed by atoms with van der Waals surface area (Å²) in [4.78, 5) is 25.8. The molecular weight excluding hydrogens is 323 g/mol. The van der Waals surface area contributed by atoms with E-state index in [2.05, 4.69) is 15.0 Å². The van der Waals surface area contributed by atoms with Crippen molar-refractivity contribution in [1.82, 2.24) is 15.0 Å². The highest BCUT2D eigenvalue weighted by atomic mass is 19.1. The molecule has 3 aromatic rings. The van der Waals surface area contributed by atoms with Crippen LogP contribution in [0.15, 0.2) is 49.1 Å². The number of para-hydroxylation sites is 1. The minimum atomic E-state index is -0.405. The zero-order valence-electron chi connectivity index (χ0n) is 13.7. The fourth-order valence-corrected chi connectivity index (χ4v) is 2.59. The van der Waals surface area contributed by atoms with Crippen molar-refractivity contribution in [2.24, 2.45) is 0 Å². The molecule has 0 aliphatic rings. The van der Waals surface area contributed by atoms with Crippen molar-refractivity contribution in [3.05, 3.63) is 60.4 Å². The number of ether oxygens (including phenoxy) is 1. The van der Waals surface area contributed by atoms with Gasteiger partial charge >= 0.3 is 5.97 Å². The van der Waals surface area contributed by atoms with Gasteiger partial charge in [-0.3, -0.25) is 9.78 Å². The Hall–Kier alpha value is -3.09. The first-order valence-corrected chi connectivity index (χ1v) is 7.79. The van der Waals surface area contributed by atoms with Crippen molar-refractivity contribution in [1.29, 1.82) is 0 Å². The molecule has 0 N–H and O–H groups in total. The fraction of sp³-hybridized carbons (Fsp3) is 0.222. The van der Waals surface area contributed by atoms with E-state index in [1.54, 1.807) is 24.5 Å². The van der Waals surface area contributed by atoms with Crippen LogP contribution in [-0.4, -0.2) is 34.6 Å². The fourth-order valence-electron chi connectivity index (χ4n) is 2.59. The third kappa shape index (κ3) is 3.88. The molecule has 1 aromatic carbocycles. The molecule has 0 amide bonds. The maximum absolute atomic E-state index is 14.0. The van der Waals surface area contributed by atoms with Gasteiger partial charge in [-0.2, -0.15) is 0 Å². The Bertz CT molecular complexity index is 873. The summed E-state index contributed by atoms with van der Waals surface area (Å²) in [6.07, 6.45) is 4.93. The topological polar surface area (TPSA) is 68.2 Å². The van der Waals surface area contributed by atoms with Crippen LogP contribution < -0.4 is 4.90 Å². The molecular formula is C18H17FN4O2. The van der Waals surface area contributed by atoms with E-state index in [4.69, 9.17) is 4.74 Å². The van der Waals surface area contributed by atoms with Gasteiger partial charge in [0.2, 0.25) is 0 Å². The van der Waals surface area contributed by atoms with E-state index < -0.39 is 5.82 Å². The maximum Gasteiger partial charge on any atom is 0.307 e. The maximum atomic E-state index is 14.0. The SMILES string of the molecule is COC(=O)CCN(Cc1ccncc1)c1ncnc2c(F)cccc12. The Morgan fingerprint density at radius 2 is 2.00 bits per heavy atom. The highest BCUT2D eigenvalue weighted by Crippen LogP contribution is 2.26. The average molecular weight is 340 g/mol. The lowest BCUT2D eigenvalue weighted by molar-refractivity contribution is -0.140. The van der Waals surface area contributed by atoms with Crippen molar-refractivity contribution in [3.63, 3.8) is 0 Å². The van der Waals surface area contributed by atoms with Gasteiger partial charge in [-0.05, 0) is 29.8 Å². The second kappa shape index (κ2) is 7.65. The number of carbonyl (C=O) groups excluding carboxylic acids is 1. The van der Waals surface area contributed by atoms with Gasteiger partial charge in [0.05, 0.1) is 13.5 Å². The Morgan fingerprint density at radius 3 is 2.76 bits per heavy atom. The van der Waals surface area contributed by atoms with Crippen molar-refractivity contribution >= 4 is 22.7 Å². The van der Waals surface area contributed by atoms with E-state index in [0.717, 1.165) is 5.56 Å². The molecule has 0 radical (unpaired) electrons. The molecule has 0 unspecified atom stereocenters. The smallest absolute Gasteiger partial charge is 0.307 e. The molecule has 0 atom stereocenters. The third-order valence-corrected chi connectivity index (χ3v) is 3.83. The minimum Gasteiger partial charge on any atom is -0.469 e. The number of carbonyl (C=O) groups is 1. The van der Waals surface area contributed by atoms with Crippen LogP contribution in [0.25, 0.3) is 10.9 Å². The predicted molar refractivity (Wildman–Crippen MR) is 91.4 cm³/mol. The summed E-state index contributed by atoms with van der Waals surface area (Å²) in [5.41, 5.74) is 1.26. The molecule has 0 bridgehead atoms. The molecule has 7 heteroatoms. The summed E-state index contributed by atoms with van der Waals surface area (Å²) in [7, 11) is 1.35. The Kier molecular flexibility index (Phi) is 5.13. The summed E-state index contributed by atoms with van der Waals surface area (Å²) < 4.78 is 18.8. The van der Waals surface area contributed by atoms with Crippen LogP contribution in [0.5, 0.6) is 0 Å². The van der Waals surface area contributed by atoms with Crippen LogP contribution in [0.1, 0.15) is 12.0 Å². The zero-order valence-corrected chi connectivity index (χ0v) is 13.7. The van der Waals surface area contributed by atoms with Crippen LogP contribution in [0.4, 0.5) is 10.2 Å². The minimum absolute atomic E-state index is 0.197. The first-order chi connectivity index (χ1) is 12.2. The van der Waals surface area contributed by atoms with Crippen LogP contribution in [0.2, 0.25) is 0 Å². The van der Waals surface area contributed by atoms with Gasteiger partial charge < -0.3 is 9.64 Å². The lowest BCUT2D eigenvalue weighted by atomic mass is 10.2. The van der Waals surface area contributed by atoms with Crippen LogP contribution in [0.3, 0.4) is 0 Å². The van der Waals surface area contributed by atoms with Crippen molar-refractivity contribution < 1.29 is 13.9 Å². The number of anilines is 1. The quantitative estimate of drug-likeness (QED) is 0.643. The Morgan fingerprint density at radius 1 is 1.20 bits per heavy atom. The number of hydrogen-bond donors (Lipinski definition) is 0. The highest BCUT2D eigenvalue weighted by molar-refractivity contribution is 5.89. The summed E-state index contributed by atoms with van der Waals surface area (Å²) >= 11 is 0. The average Bonchev–Trinajstić information content (AvgIpc) is 2.65. The Balaban J connectivity index is 1.98. The molecule has 25 heavy (non-hydrogen) atoms. The molecule has 0 saturated heterocycles. The van der Waals surface area contributed by atoms with Crippen LogP contribution >= 0.6 is 0 Å². The van der Waals surface area contributed by atoms with Gasteiger partial charge in [0.25, 0.3) is 0 Å². The Labute approximate surface area is 144 Å². The van der Waals surface area contributed by atoms with Gasteiger partial charge in [0, 0.05) is 30.9 Å². The second-order valence-electron chi connectivity index (χ2n) is 5.44. The third-order valence-electron chi connectivity index (χ3n) is 3.83. The van der Waals surface area contributed by atoms with E-state index in [1.165, 1.54) is 19.5 Å². The van der Waals surface area contributed by atoms with Gasteiger partial charge in [0.15, 0.2) is 0 Å². The number of rotatable bonds is 6. The molecule has 0 spiro atoms. The number of esters is 1. The molecule has 3 rings (SSSR count). The number of nitrogens with zero attached hydrogens (tertiary/aromatic N) is 4. The van der Waals surface area contributed by atoms with Crippen molar-refractivity contribution in [3.8, 4) is 0 Å². The number of hydrogen-bond acceptors (Lipinski definition) is 6. The molecule has 6 nitrogen and oxygen atoms in total. The van der Waals surface area contributed by atoms with E-state index >= 15 is 0 Å². The number of halogens is 1. The molecule has 2 aromatic heterocycles. The molecule has 128 valence electrons. The van der Waals surface area contributed by atoms with Gasteiger partial charge in [-0.1, -0.05) is 6.07 Å². The number of fused-ring (bicyclic) bond motifs is 1.